The molecule has 0 bridgehead atoms. The van der Waals surface area contributed by atoms with Crippen molar-refractivity contribution in [3.8, 4) is 0 Å². The molecule has 0 radical (unpaired) electrons. The third kappa shape index (κ3) is 3.12. The first-order valence-corrected chi connectivity index (χ1v) is 5.75. The second kappa shape index (κ2) is 4.84. The van der Waals surface area contributed by atoms with E-state index in [0.717, 1.165) is 6.07 Å². The van der Waals surface area contributed by atoms with Crippen LogP contribution in [0.4, 0.5) is 5.69 Å². The predicted octanol–water partition coefficient (Wildman–Crippen LogP) is 3.53. The molecule has 94 valence electrons. The molecule has 0 aliphatic heterocycles. The van der Waals surface area contributed by atoms with Crippen LogP contribution in [0.3, 0.4) is 0 Å². The molecule has 0 spiro atoms. The molecule has 1 heterocycles. The van der Waals surface area contributed by atoms with Gasteiger partial charge in [0.05, 0.1) is 16.8 Å². The minimum Gasteiger partial charge on any atom is -0.336 e. The molecule has 1 aromatic rings. The number of aromatic nitrogens is 1. The van der Waals surface area contributed by atoms with Crippen molar-refractivity contribution in [3.63, 3.8) is 0 Å². The molecule has 0 unspecified atom stereocenters. The van der Waals surface area contributed by atoms with Gasteiger partial charge in [0.15, 0.2) is 0 Å². The molecule has 0 N–H and O–H groups in total. The Balaban J connectivity index is 3.32. The third-order valence-corrected chi connectivity index (χ3v) is 2.61. The zero-order valence-electron chi connectivity index (χ0n) is 8.99. The maximum absolute atomic E-state index is 11.8. The Morgan fingerprint density at radius 3 is 2.35 bits per heavy atom. The Labute approximate surface area is 112 Å². The molecule has 0 amide bonds. The van der Waals surface area contributed by atoms with Crippen LogP contribution in [0.15, 0.2) is 12.3 Å². The summed E-state index contributed by atoms with van der Waals surface area (Å²) >= 11 is 16.4. The number of hydrogen-bond donors (Lipinski definition) is 0. The average molecular weight is 300 g/mol. The van der Waals surface area contributed by atoms with Crippen LogP contribution in [-0.4, -0.2) is 19.1 Å². The Hall–Kier alpha value is -0.780. The summed E-state index contributed by atoms with van der Waals surface area (Å²) in [5, 5.41) is 10.6. The van der Waals surface area contributed by atoms with Gasteiger partial charge in [-0.3, -0.25) is 14.9 Å². The Morgan fingerprint density at radius 1 is 1.47 bits per heavy atom. The van der Waals surface area contributed by atoms with Crippen molar-refractivity contribution in [2.75, 3.05) is 0 Å². The lowest BCUT2D eigenvalue weighted by Crippen LogP contribution is -2.22. The molecule has 8 heteroatoms. The molecule has 0 saturated heterocycles. The lowest BCUT2D eigenvalue weighted by atomic mass is 10.3. The van der Waals surface area contributed by atoms with Crippen molar-refractivity contribution in [1.29, 1.82) is 0 Å². The second-order valence-corrected chi connectivity index (χ2v) is 5.95. The van der Waals surface area contributed by atoms with E-state index in [0.29, 0.717) is 0 Å². The number of Topliss-reactive ketones (excluding diaryl/α,β-unsaturated/α-hetero) is 1. The fraction of sp³-hybridized carbons (Fsp3) is 0.444. The summed E-state index contributed by atoms with van der Waals surface area (Å²) in [4.78, 5) is 21.8. The number of nitrogens with zero attached hydrogens (tertiary/aromatic N) is 2. The molecular formula is C9H9Cl3N2O3. The highest BCUT2D eigenvalue weighted by molar-refractivity contribution is 6.77. The summed E-state index contributed by atoms with van der Waals surface area (Å²) in [6, 6.07) is 0.944. The Bertz CT molecular complexity index is 463. The highest BCUT2D eigenvalue weighted by atomic mass is 35.6. The number of nitro groups is 1. The molecule has 5 nitrogen and oxygen atoms in total. The molecule has 0 aliphatic carbocycles. The maximum Gasteiger partial charge on any atom is 0.287 e. The van der Waals surface area contributed by atoms with Crippen LogP contribution in [0, 0.1) is 10.1 Å². The van der Waals surface area contributed by atoms with Crippen LogP contribution < -0.4 is 0 Å². The molecule has 0 atom stereocenters. The van der Waals surface area contributed by atoms with Crippen molar-refractivity contribution in [1.82, 2.24) is 4.57 Å². The summed E-state index contributed by atoms with van der Waals surface area (Å²) < 4.78 is -0.721. The van der Waals surface area contributed by atoms with Crippen molar-refractivity contribution in [2.45, 2.75) is 23.7 Å². The minimum atomic E-state index is -2.13. The van der Waals surface area contributed by atoms with E-state index in [1.165, 1.54) is 10.8 Å². The molecule has 0 saturated carbocycles. The molecule has 17 heavy (non-hydrogen) atoms. The topological polar surface area (TPSA) is 65.1 Å². The number of alkyl halides is 3. The lowest BCUT2D eigenvalue weighted by molar-refractivity contribution is -0.384. The van der Waals surface area contributed by atoms with Gasteiger partial charge < -0.3 is 4.57 Å². The first-order valence-electron chi connectivity index (χ1n) is 4.62. The van der Waals surface area contributed by atoms with Gasteiger partial charge in [-0.2, -0.15) is 0 Å². The molecule has 1 rings (SSSR count). The van der Waals surface area contributed by atoms with Crippen molar-refractivity contribution < 1.29 is 9.72 Å². The van der Waals surface area contributed by atoms with E-state index in [9.17, 15) is 14.9 Å². The zero-order valence-corrected chi connectivity index (χ0v) is 11.3. The van der Waals surface area contributed by atoms with Gasteiger partial charge in [-0.05, 0) is 13.8 Å². The quantitative estimate of drug-likeness (QED) is 0.371. The maximum atomic E-state index is 11.8. The van der Waals surface area contributed by atoms with Gasteiger partial charge in [0, 0.05) is 12.1 Å². The van der Waals surface area contributed by atoms with Gasteiger partial charge in [0.1, 0.15) is 0 Å². The number of rotatable bonds is 3. The highest BCUT2D eigenvalue weighted by Gasteiger charge is 2.35. The molecular weight excluding hydrogens is 290 g/mol. The average Bonchev–Trinajstić information content (AvgIpc) is 2.59. The SMILES string of the molecule is CC(C)n1cc([N+](=O)[O-])cc1C(=O)C(Cl)(Cl)Cl. The van der Waals surface area contributed by atoms with E-state index in [-0.39, 0.29) is 17.4 Å². The van der Waals surface area contributed by atoms with Gasteiger partial charge >= 0.3 is 0 Å². The predicted molar refractivity (Wildman–Crippen MR) is 66.1 cm³/mol. The van der Waals surface area contributed by atoms with E-state index in [1.54, 1.807) is 13.8 Å². The first kappa shape index (κ1) is 14.3. The minimum absolute atomic E-state index is 0.00620. The summed E-state index contributed by atoms with van der Waals surface area (Å²) in [6.45, 7) is 3.53. The number of carbonyl (C=O) groups excluding carboxylic acids is 1. The largest absolute Gasteiger partial charge is 0.336 e. The third-order valence-electron chi connectivity index (χ3n) is 2.09. The number of hydrogen-bond acceptors (Lipinski definition) is 3. The van der Waals surface area contributed by atoms with Crippen molar-refractivity contribution >= 4 is 46.3 Å². The van der Waals surface area contributed by atoms with Crippen LogP contribution in [0.1, 0.15) is 30.4 Å². The smallest absolute Gasteiger partial charge is 0.287 e. The number of ketones is 1. The molecule has 1 aromatic heterocycles. The molecule has 0 aliphatic rings. The Morgan fingerprint density at radius 2 is 2.00 bits per heavy atom. The van der Waals surface area contributed by atoms with E-state index in [2.05, 4.69) is 0 Å². The van der Waals surface area contributed by atoms with E-state index in [4.69, 9.17) is 34.8 Å². The summed E-state index contributed by atoms with van der Waals surface area (Å²) in [6.07, 6.45) is 1.24. The Kier molecular flexibility index (Phi) is 4.06. The normalized spacial score (nSPS) is 11.9. The van der Waals surface area contributed by atoms with E-state index < -0.39 is 14.5 Å². The molecule has 0 aromatic carbocycles. The van der Waals surface area contributed by atoms with Gasteiger partial charge in [0.2, 0.25) is 5.78 Å². The number of halogens is 3. The summed E-state index contributed by atoms with van der Waals surface area (Å²) in [7, 11) is 0. The summed E-state index contributed by atoms with van der Waals surface area (Å²) in [5.41, 5.74) is -0.206. The first-order chi connectivity index (χ1) is 7.64. The van der Waals surface area contributed by atoms with Gasteiger partial charge in [-0.1, -0.05) is 34.8 Å². The van der Waals surface area contributed by atoms with Crippen LogP contribution in [0.2, 0.25) is 0 Å². The van der Waals surface area contributed by atoms with Crippen molar-refractivity contribution in [3.05, 3.63) is 28.1 Å². The van der Waals surface area contributed by atoms with Crippen LogP contribution in [-0.2, 0) is 0 Å². The lowest BCUT2D eigenvalue weighted by Gasteiger charge is -2.14. The van der Waals surface area contributed by atoms with Gasteiger partial charge in [-0.15, -0.1) is 0 Å². The van der Waals surface area contributed by atoms with Crippen LogP contribution >= 0.6 is 34.8 Å². The van der Waals surface area contributed by atoms with E-state index >= 15 is 0 Å². The monoisotopic (exact) mass is 298 g/mol. The standard InChI is InChI=1S/C9H9Cl3N2O3/c1-5(2)13-4-6(14(16)17)3-7(13)8(15)9(10,11)12/h3-5H,1-2H3. The van der Waals surface area contributed by atoms with E-state index in [1.807, 2.05) is 0 Å². The highest BCUT2D eigenvalue weighted by Crippen LogP contribution is 2.33. The number of carbonyl (C=O) groups is 1. The van der Waals surface area contributed by atoms with Crippen LogP contribution in [0.5, 0.6) is 0 Å². The summed E-state index contributed by atoms with van der Waals surface area (Å²) in [5.74, 6) is -0.788. The second-order valence-electron chi connectivity index (χ2n) is 3.67. The zero-order chi connectivity index (χ0) is 13.4. The fourth-order valence-electron chi connectivity index (χ4n) is 1.32. The van der Waals surface area contributed by atoms with Gasteiger partial charge in [-0.25, -0.2) is 0 Å². The van der Waals surface area contributed by atoms with Crippen molar-refractivity contribution in [2.24, 2.45) is 0 Å². The fourth-order valence-corrected chi connectivity index (χ4v) is 1.61. The molecule has 0 fully saturated rings. The van der Waals surface area contributed by atoms with Crippen LogP contribution in [0.25, 0.3) is 0 Å². The van der Waals surface area contributed by atoms with Gasteiger partial charge in [0.25, 0.3) is 9.48 Å².